The Balaban J connectivity index is 1.86. The number of aliphatic carboxylic acids is 1. The van der Waals surface area contributed by atoms with Crippen molar-refractivity contribution < 1.29 is 14.7 Å². The molecular weight excluding hydrogens is 290 g/mol. The average molecular weight is 307 g/mol. The first kappa shape index (κ1) is 15.2. The zero-order valence-corrected chi connectivity index (χ0v) is 12.3. The summed E-state index contributed by atoms with van der Waals surface area (Å²) in [5, 5.41) is 14.7. The highest BCUT2D eigenvalue weighted by atomic mass is 32.1. The molecule has 0 radical (unpaired) electrons. The number of hydrogen-bond donors (Lipinski definition) is 1. The Morgan fingerprint density at radius 2 is 2.38 bits per heavy atom. The van der Waals surface area contributed by atoms with Gasteiger partial charge in [0, 0.05) is 18.8 Å². The van der Waals surface area contributed by atoms with E-state index in [2.05, 4.69) is 10.1 Å². The lowest BCUT2D eigenvalue weighted by Gasteiger charge is -2.06. The molecule has 0 unspecified atom stereocenters. The van der Waals surface area contributed by atoms with Gasteiger partial charge in [0.15, 0.2) is 0 Å². The summed E-state index contributed by atoms with van der Waals surface area (Å²) >= 11 is 1.60. The molecule has 0 aliphatic carbocycles. The summed E-state index contributed by atoms with van der Waals surface area (Å²) in [6, 6.07) is 3.96. The highest BCUT2D eigenvalue weighted by molar-refractivity contribution is 7.12. The third-order valence-corrected chi connectivity index (χ3v) is 3.67. The number of carboxylic acids is 1. The average Bonchev–Trinajstić information content (AvgIpc) is 3.13. The highest BCUT2D eigenvalue weighted by Gasteiger charge is 2.07. The quantitative estimate of drug-likeness (QED) is 0.439. The summed E-state index contributed by atoms with van der Waals surface area (Å²) in [4.78, 5) is 20.8. The number of unbranched alkanes of at least 4 members (excludes halogenated alkanes) is 1. The van der Waals surface area contributed by atoms with Crippen LogP contribution in [0, 0.1) is 0 Å². The minimum atomic E-state index is -0.780. The molecule has 1 N–H and O–H groups in total. The molecule has 0 atom stereocenters. The molecular formula is C14H17N3O3S. The van der Waals surface area contributed by atoms with Crippen LogP contribution in [-0.2, 0) is 16.2 Å². The van der Waals surface area contributed by atoms with Crippen molar-refractivity contribution in [3.05, 3.63) is 41.1 Å². The monoisotopic (exact) mass is 307 g/mol. The standard InChI is InChI=1S/C14H17N3O3S/c18-14(19)5-1-2-8-20-16-12(13-4-3-9-21-13)10-17-7-6-15-11-17/h3-4,6-7,9,11H,1-2,5,8,10H2,(H,18,19)/b16-12-. The van der Waals surface area contributed by atoms with Gasteiger partial charge in [0.05, 0.1) is 17.7 Å². The van der Waals surface area contributed by atoms with Crippen LogP contribution < -0.4 is 0 Å². The summed E-state index contributed by atoms with van der Waals surface area (Å²) in [5.41, 5.74) is 0.834. The molecule has 0 fully saturated rings. The number of oxime groups is 1. The van der Waals surface area contributed by atoms with Gasteiger partial charge >= 0.3 is 5.97 Å². The minimum Gasteiger partial charge on any atom is -0.481 e. The Morgan fingerprint density at radius 3 is 3.05 bits per heavy atom. The Morgan fingerprint density at radius 1 is 1.48 bits per heavy atom. The van der Waals surface area contributed by atoms with Crippen LogP contribution in [0.4, 0.5) is 0 Å². The second-order valence-corrected chi connectivity index (χ2v) is 5.38. The van der Waals surface area contributed by atoms with Crippen molar-refractivity contribution in [1.82, 2.24) is 9.55 Å². The third-order valence-electron chi connectivity index (χ3n) is 2.75. The maximum absolute atomic E-state index is 10.4. The van der Waals surface area contributed by atoms with Crippen LogP contribution in [-0.4, -0.2) is 32.9 Å². The number of nitrogens with zero attached hydrogens (tertiary/aromatic N) is 3. The Kier molecular flexibility index (Phi) is 5.96. The van der Waals surface area contributed by atoms with Gasteiger partial charge in [-0.3, -0.25) is 4.79 Å². The Labute approximate surface area is 126 Å². The van der Waals surface area contributed by atoms with Gasteiger partial charge in [-0.15, -0.1) is 11.3 Å². The fraction of sp³-hybridized carbons (Fsp3) is 0.357. The van der Waals surface area contributed by atoms with Crippen molar-refractivity contribution in [3.63, 3.8) is 0 Å². The second-order valence-electron chi connectivity index (χ2n) is 4.43. The molecule has 7 heteroatoms. The Hall–Kier alpha value is -2.15. The van der Waals surface area contributed by atoms with E-state index in [-0.39, 0.29) is 6.42 Å². The van der Waals surface area contributed by atoms with E-state index in [0.717, 1.165) is 10.6 Å². The van der Waals surface area contributed by atoms with Crippen molar-refractivity contribution in [1.29, 1.82) is 0 Å². The molecule has 112 valence electrons. The zero-order chi connectivity index (χ0) is 14.9. The third kappa shape index (κ3) is 5.39. The maximum Gasteiger partial charge on any atom is 0.303 e. The van der Waals surface area contributed by atoms with E-state index in [9.17, 15) is 4.79 Å². The van der Waals surface area contributed by atoms with Crippen LogP contribution in [0.3, 0.4) is 0 Å². The smallest absolute Gasteiger partial charge is 0.303 e. The fourth-order valence-corrected chi connectivity index (χ4v) is 2.41. The lowest BCUT2D eigenvalue weighted by atomic mass is 10.2. The number of thiophene rings is 1. The number of aromatic nitrogens is 2. The van der Waals surface area contributed by atoms with Gasteiger partial charge in [-0.2, -0.15) is 0 Å². The van der Waals surface area contributed by atoms with E-state index in [1.807, 2.05) is 28.3 Å². The van der Waals surface area contributed by atoms with E-state index < -0.39 is 5.97 Å². The molecule has 0 aliphatic heterocycles. The summed E-state index contributed by atoms with van der Waals surface area (Å²) in [5.74, 6) is -0.780. The molecule has 0 aromatic carbocycles. The normalized spacial score (nSPS) is 11.5. The maximum atomic E-state index is 10.4. The van der Waals surface area contributed by atoms with Crippen molar-refractivity contribution in [2.75, 3.05) is 6.61 Å². The lowest BCUT2D eigenvalue weighted by molar-refractivity contribution is -0.137. The van der Waals surface area contributed by atoms with E-state index in [1.54, 1.807) is 23.9 Å². The molecule has 2 aromatic heterocycles. The lowest BCUT2D eigenvalue weighted by Crippen LogP contribution is -2.10. The molecule has 0 amide bonds. The van der Waals surface area contributed by atoms with Crippen LogP contribution in [0.15, 0.2) is 41.4 Å². The highest BCUT2D eigenvalue weighted by Crippen LogP contribution is 2.12. The Bertz CT molecular complexity index is 564. The van der Waals surface area contributed by atoms with Gasteiger partial charge in [-0.25, -0.2) is 4.98 Å². The fourth-order valence-electron chi connectivity index (χ4n) is 1.71. The largest absolute Gasteiger partial charge is 0.481 e. The molecule has 0 spiro atoms. The van der Waals surface area contributed by atoms with E-state index in [1.165, 1.54) is 0 Å². The number of carbonyl (C=O) groups is 1. The molecule has 6 nitrogen and oxygen atoms in total. The summed E-state index contributed by atoms with van der Waals surface area (Å²) in [7, 11) is 0. The molecule has 0 saturated carbocycles. The zero-order valence-electron chi connectivity index (χ0n) is 11.5. The summed E-state index contributed by atoms with van der Waals surface area (Å²) in [6.07, 6.45) is 6.77. The van der Waals surface area contributed by atoms with E-state index >= 15 is 0 Å². The molecule has 21 heavy (non-hydrogen) atoms. The molecule has 0 saturated heterocycles. The van der Waals surface area contributed by atoms with E-state index in [0.29, 0.717) is 26.0 Å². The van der Waals surface area contributed by atoms with Crippen LogP contribution in [0.25, 0.3) is 0 Å². The first-order chi connectivity index (χ1) is 10.3. The van der Waals surface area contributed by atoms with Gasteiger partial charge in [-0.05, 0) is 24.3 Å². The number of hydrogen-bond acceptors (Lipinski definition) is 5. The predicted octanol–water partition coefficient (Wildman–Crippen LogP) is 2.62. The van der Waals surface area contributed by atoms with Gasteiger partial charge in [0.1, 0.15) is 12.3 Å². The number of carboxylic acid groups (broad SMARTS) is 1. The van der Waals surface area contributed by atoms with Crippen molar-refractivity contribution >= 4 is 23.0 Å². The van der Waals surface area contributed by atoms with Crippen molar-refractivity contribution in [2.24, 2.45) is 5.16 Å². The van der Waals surface area contributed by atoms with Crippen LogP contribution in [0.2, 0.25) is 0 Å². The predicted molar refractivity (Wildman–Crippen MR) is 80.5 cm³/mol. The molecule has 2 rings (SSSR count). The summed E-state index contributed by atoms with van der Waals surface area (Å²) < 4.78 is 1.92. The van der Waals surface area contributed by atoms with Gasteiger partial charge in [0.25, 0.3) is 0 Å². The van der Waals surface area contributed by atoms with Crippen molar-refractivity contribution in [3.8, 4) is 0 Å². The first-order valence-corrected chi connectivity index (χ1v) is 7.54. The van der Waals surface area contributed by atoms with Crippen molar-refractivity contribution in [2.45, 2.75) is 25.8 Å². The van der Waals surface area contributed by atoms with E-state index in [4.69, 9.17) is 9.94 Å². The van der Waals surface area contributed by atoms with Gasteiger partial charge in [-0.1, -0.05) is 11.2 Å². The second kappa shape index (κ2) is 8.21. The molecule has 2 aromatic rings. The van der Waals surface area contributed by atoms with Crippen LogP contribution in [0.5, 0.6) is 0 Å². The van der Waals surface area contributed by atoms with Crippen LogP contribution >= 0.6 is 11.3 Å². The topological polar surface area (TPSA) is 76.7 Å². The minimum absolute atomic E-state index is 0.167. The van der Waals surface area contributed by atoms with Gasteiger partial charge < -0.3 is 14.5 Å². The van der Waals surface area contributed by atoms with Gasteiger partial charge in [0.2, 0.25) is 0 Å². The number of rotatable bonds is 9. The molecule has 0 bridgehead atoms. The SMILES string of the molecule is O=C(O)CCCCO/N=C(/Cn1ccnc1)c1cccs1. The first-order valence-electron chi connectivity index (χ1n) is 6.66. The van der Waals surface area contributed by atoms with Crippen LogP contribution in [0.1, 0.15) is 24.1 Å². The molecule has 0 aliphatic rings. The molecule has 2 heterocycles. The summed E-state index contributed by atoms with van der Waals surface area (Å²) in [6.45, 7) is 1.02. The number of imidazole rings is 1.